The van der Waals surface area contributed by atoms with Crippen molar-refractivity contribution in [2.75, 3.05) is 4.31 Å². The molecule has 12 heteroatoms. The maximum absolute atomic E-state index is 13.3. The van der Waals surface area contributed by atoms with Gasteiger partial charge in [0.05, 0.1) is 35.1 Å². The van der Waals surface area contributed by atoms with Gasteiger partial charge < -0.3 is 10.4 Å². The normalized spacial score (nSPS) is 13.5. The molecule has 0 aliphatic rings. The largest absolute Gasteiger partial charge is 0.386 e. The summed E-state index contributed by atoms with van der Waals surface area (Å²) >= 11 is 7.92. The summed E-state index contributed by atoms with van der Waals surface area (Å²) in [6.45, 7) is 1.67. The van der Waals surface area contributed by atoms with E-state index in [4.69, 9.17) is 11.6 Å². The number of aromatic nitrogens is 2. The number of carbonyl (C=O) groups excluding carboxylic acids is 1. The van der Waals surface area contributed by atoms with Gasteiger partial charge in [-0.2, -0.15) is 8.75 Å². The minimum Gasteiger partial charge on any atom is -0.386 e. The zero-order valence-corrected chi connectivity index (χ0v) is 23.4. The van der Waals surface area contributed by atoms with Crippen molar-refractivity contribution in [3.63, 3.8) is 0 Å². The van der Waals surface area contributed by atoms with Crippen LogP contribution in [0.4, 0.5) is 11.5 Å². The van der Waals surface area contributed by atoms with E-state index < -0.39 is 29.3 Å². The summed E-state index contributed by atoms with van der Waals surface area (Å²) in [5, 5.41) is 13.8. The zero-order valence-electron chi connectivity index (χ0n) is 19.4. The lowest BCUT2D eigenvalue weighted by atomic mass is 10.0. The Labute approximate surface area is 234 Å². The van der Waals surface area contributed by atoms with Crippen molar-refractivity contribution in [3.05, 3.63) is 105 Å². The van der Waals surface area contributed by atoms with Crippen LogP contribution < -0.4 is 9.62 Å². The average molecular weight is 622 g/mol. The number of aliphatic hydroxyl groups is 1. The molecule has 3 atom stereocenters. The number of nitrogens with zero attached hydrogens (tertiary/aromatic N) is 3. The fourth-order valence-corrected chi connectivity index (χ4v) is 5.53. The van der Waals surface area contributed by atoms with Crippen molar-refractivity contribution >= 4 is 67.9 Å². The van der Waals surface area contributed by atoms with E-state index in [2.05, 4.69) is 30.0 Å². The molecular formula is C25H22BrClN4O4S2. The van der Waals surface area contributed by atoms with Crippen LogP contribution in [-0.2, 0) is 17.7 Å². The Morgan fingerprint density at radius 3 is 2.59 bits per heavy atom. The van der Waals surface area contributed by atoms with E-state index in [0.717, 1.165) is 26.1 Å². The van der Waals surface area contributed by atoms with Crippen molar-refractivity contribution in [1.29, 1.82) is 0 Å². The molecule has 8 nitrogen and oxygen atoms in total. The summed E-state index contributed by atoms with van der Waals surface area (Å²) in [5.74, 6) is -0.412. The molecule has 4 aromatic rings. The van der Waals surface area contributed by atoms with Gasteiger partial charge in [0.25, 0.3) is 17.2 Å². The fourth-order valence-electron chi connectivity index (χ4n) is 3.74. The zero-order chi connectivity index (χ0) is 26.5. The highest BCUT2D eigenvalue weighted by atomic mass is 79.9. The third-order valence-corrected chi connectivity index (χ3v) is 7.51. The van der Waals surface area contributed by atoms with Gasteiger partial charge in [0.15, 0.2) is 5.82 Å². The summed E-state index contributed by atoms with van der Waals surface area (Å²) in [7, 11) is 0. The molecule has 3 unspecified atom stereocenters. The minimum absolute atomic E-state index is 0.0805. The molecular weight excluding hydrogens is 600 g/mol. The van der Waals surface area contributed by atoms with E-state index in [9.17, 15) is 18.7 Å². The number of aliphatic hydroxyl groups excluding tert-OH is 1. The van der Waals surface area contributed by atoms with Crippen LogP contribution in [0.5, 0.6) is 0 Å². The van der Waals surface area contributed by atoms with Gasteiger partial charge in [-0.15, -0.1) is 0 Å². The molecule has 0 aliphatic carbocycles. The topological polar surface area (TPSA) is 116 Å². The van der Waals surface area contributed by atoms with Gasteiger partial charge in [0.2, 0.25) is 0 Å². The molecule has 1 aromatic heterocycles. The predicted molar refractivity (Wildman–Crippen MR) is 150 cm³/mol. The molecule has 4 rings (SSSR count). The molecule has 0 fully saturated rings. The lowest BCUT2D eigenvalue weighted by Gasteiger charge is -2.24. The second-order valence-electron chi connectivity index (χ2n) is 8.15. The van der Waals surface area contributed by atoms with Gasteiger partial charge in [-0.05, 0) is 48.4 Å². The van der Waals surface area contributed by atoms with Gasteiger partial charge in [0, 0.05) is 15.9 Å². The van der Waals surface area contributed by atoms with Crippen molar-refractivity contribution in [2.24, 2.45) is 0 Å². The maximum atomic E-state index is 13.3. The first kappa shape index (κ1) is 27.4. The van der Waals surface area contributed by atoms with E-state index in [1.165, 1.54) is 18.2 Å². The van der Waals surface area contributed by atoms with E-state index >= 15 is 0 Å². The molecule has 37 heavy (non-hydrogen) atoms. The molecule has 0 saturated heterocycles. The van der Waals surface area contributed by atoms with E-state index in [0.29, 0.717) is 17.7 Å². The van der Waals surface area contributed by atoms with Crippen molar-refractivity contribution in [3.8, 4) is 0 Å². The smallest absolute Gasteiger partial charge is 0.268 e. The number of hydrogen-bond donors (Lipinski definition) is 3. The molecule has 0 radical (unpaired) electrons. The van der Waals surface area contributed by atoms with Crippen LogP contribution in [0.25, 0.3) is 0 Å². The van der Waals surface area contributed by atoms with Crippen LogP contribution >= 0.6 is 39.3 Å². The second-order valence-corrected chi connectivity index (χ2v) is 10.9. The van der Waals surface area contributed by atoms with Crippen molar-refractivity contribution in [1.82, 2.24) is 14.1 Å². The quantitative estimate of drug-likeness (QED) is 0.208. The predicted octanol–water partition coefficient (Wildman–Crippen LogP) is 5.67. The Hall–Kier alpha value is -2.67. The molecule has 1 heterocycles. The van der Waals surface area contributed by atoms with Crippen LogP contribution in [0.15, 0.2) is 77.3 Å². The maximum Gasteiger partial charge on any atom is 0.268 e. The molecule has 0 spiro atoms. The molecule has 3 aromatic carbocycles. The van der Waals surface area contributed by atoms with Crippen LogP contribution in [0, 0.1) is 0 Å². The van der Waals surface area contributed by atoms with Gasteiger partial charge >= 0.3 is 0 Å². The standard InChI is InChI=1S/C25H22BrClN4O4S2/c1-15(23(32)17-8-5-9-18(26)13-17)28-25(33)20-11-10-19(27)14-22(20)31(37(34)35)24-21(29-36-30-24)12-16-6-3-2-4-7-16/h2-11,13-15,23,32H,12H2,1H3,(H,28,33)(H,34,35). The molecule has 0 aliphatic heterocycles. The average Bonchev–Trinajstić information content (AvgIpc) is 3.31. The third kappa shape index (κ3) is 6.61. The van der Waals surface area contributed by atoms with Crippen LogP contribution in [-0.4, -0.2) is 34.6 Å². The summed E-state index contributed by atoms with van der Waals surface area (Å²) in [6.07, 6.45) is -0.612. The van der Waals surface area contributed by atoms with Gasteiger partial charge in [0.1, 0.15) is 5.69 Å². The summed E-state index contributed by atoms with van der Waals surface area (Å²) in [6, 6.07) is 20.4. The Kier molecular flexibility index (Phi) is 9.06. The Morgan fingerprint density at radius 1 is 1.14 bits per heavy atom. The fraction of sp³-hybridized carbons (Fsp3) is 0.160. The van der Waals surface area contributed by atoms with E-state index in [-0.39, 0.29) is 22.1 Å². The highest BCUT2D eigenvalue weighted by Crippen LogP contribution is 2.34. The number of amides is 1. The van der Waals surface area contributed by atoms with Gasteiger partial charge in [-0.3, -0.25) is 9.35 Å². The molecule has 1 amide bonds. The Bertz CT molecular complexity index is 1420. The minimum atomic E-state index is -2.60. The highest BCUT2D eigenvalue weighted by Gasteiger charge is 2.28. The molecule has 0 bridgehead atoms. The number of carbonyl (C=O) groups is 1. The second kappa shape index (κ2) is 12.2. The molecule has 192 valence electrons. The van der Waals surface area contributed by atoms with Gasteiger partial charge in [-0.1, -0.05) is 70.0 Å². The number of nitrogens with one attached hydrogen (secondary N) is 1. The van der Waals surface area contributed by atoms with Gasteiger partial charge in [-0.25, -0.2) is 8.51 Å². The number of rotatable bonds is 9. The molecule has 3 N–H and O–H groups in total. The number of anilines is 2. The first-order valence-electron chi connectivity index (χ1n) is 11.0. The van der Waals surface area contributed by atoms with E-state index in [1.807, 2.05) is 36.4 Å². The summed E-state index contributed by atoms with van der Waals surface area (Å²) in [4.78, 5) is 13.3. The van der Waals surface area contributed by atoms with Crippen LogP contribution in [0.1, 0.15) is 40.2 Å². The first-order valence-corrected chi connectivity index (χ1v) is 14.0. The van der Waals surface area contributed by atoms with Crippen LogP contribution in [0.3, 0.4) is 0 Å². The lowest BCUT2D eigenvalue weighted by Crippen LogP contribution is -2.38. The Morgan fingerprint density at radius 2 is 1.89 bits per heavy atom. The van der Waals surface area contributed by atoms with E-state index in [1.54, 1.807) is 25.1 Å². The monoisotopic (exact) mass is 620 g/mol. The Balaban J connectivity index is 1.66. The van der Waals surface area contributed by atoms with Crippen LogP contribution in [0.2, 0.25) is 5.02 Å². The van der Waals surface area contributed by atoms with Crippen molar-refractivity contribution in [2.45, 2.75) is 25.5 Å². The number of benzene rings is 3. The lowest BCUT2D eigenvalue weighted by molar-refractivity contribution is 0.0852. The molecule has 0 saturated carbocycles. The first-order chi connectivity index (χ1) is 17.7. The third-order valence-electron chi connectivity index (χ3n) is 5.55. The number of halogens is 2. The SMILES string of the molecule is CC(NC(=O)c1ccc(Cl)cc1N(c1nsnc1Cc1ccccc1)S(=O)O)C(O)c1cccc(Br)c1. The van der Waals surface area contributed by atoms with Crippen molar-refractivity contribution < 1.29 is 18.7 Å². The number of hydrogen-bond acceptors (Lipinski definition) is 6. The highest BCUT2D eigenvalue weighted by molar-refractivity contribution is 9.10. The summed E-state index contributed by atoms with van der Waals surface area (Å²) in [5.41, 5.74) is 2.20. The summed E-state index contributed by atoms with van der Waals surface area (Å²) < 4.78 is 33.3.